The van der Waals surface area contributed by atoms with Crippen LogP contribution < -0.4 is 5.32 Å². The first-order valence-corrected chi connectivity index (χ1v) is 6.78. The van der Waals surface area contributed by atoms with E-state index in [-0.39, 0.29) is 12.0 Å². The molecule has 0 aliphatic carbocycles. The second kappa shape index (κ2) is 5.88. The van der Waals surface area contributed by atoms with E-state index in [1.165, 1.54) is 11.8 Å². The zero-order chi connectivity index (χ0) is 13.8. The van der Waals surface area contributed by atoms with Gasteiger partial charge in [-0.05, 0) is 12.0 Å². The lowest BCUT2D eigenvalue weighted by Gasteiger charge is -2.19. The van der Waals surface area contributed by atoms with Crippen LogP contribution in [0.5, 0.6) is 0 Å². The Bertz CT molecular complexity index is 554. The number of ether oxygens (including phenoxy) is 1. The molecule has 2 atom stereocenters. The molecule has 20 heavy (non-hydrogen) atoms. The number of amides is 1. The van der Waals surface area contributed by atoms with Gasteiger partial charge in [0.05, 0.1) is 17.9 Å². The van der Waals surface area contributed by atoms with Gasteiger partial charge in [0, 0.05) is 25.3 Å². The van der Waals surface area contributed by atoms with E-state index >= 15 is 0 Å². The van der Waals surface area contributed by atoms with Crippen molar-refractivity contribution in [1.82, 2.24) is 15.5 Å². The highest BCUT2D eigenvalue weighted by atomic mass is 16.5. The number of aromatic nitrogens is 2. The summed E-state index contributed by atoms with van der Waals surface area (Å²) in [5, 5.41) is 9.36. The Hall–Kier alpha value is -2.14. The molecule has 2 heterocycles. The SMILES string of the molecule is O=C(NC[C@H]1CCO[C@@H]1c1ccccc1)c1cn[nH]c1. The number of hydrogen-bond donors (Lipinski definition) is 2. The number of H-pyrrole nitrogens is 1. The molecule has 5 heteroatoms. The number of hydrogen-bond acceptors (Lipinski definition) is 3. The molecule has 1 aliphatic rings. The lowest BCUT2D eigenvalue weighted by Crippen LogP contribution is -2.30. The first-order valence-electron chi connectivity index (χ1n) is 6.78. The minimum atomic E-state index is -0.0996. The van der Waals surface area contributed by atoms with Crippen LogP contribution in [0.1, 0.15) is 28.4 Å². The third-order valence-electron chi connectivity index (χ3n) is 3.63. The van der Waals surface area contributed by atoms with Crippen LogP contribution in [0, 0.1) is 5.92 Å². The number of rotatable bonds is 4. The Morgan fingerprint density at radius 2 is 2.25 bits per heavy atom. The van der Waals surface area contributed by atoms with Crippen LogP contribution in [0.15, 0.2) is 42.7 Å². The van der Waals surface area contributed by atoms with Crippen molar-refractivity contribution in [2.75, 3.05) is 13.2 Å². The molecular formula is C15H17N3O2. The summed E-state index contributed by atoms with van der Waals surface area (Å²) in [5.41, 5.74) is 1.73. The van der Waals surface area contributed by atoms with Crippen LogP contribution in [0.3, 0.4) is 0 Å². The van der Waals surface area contributed by atoms with E-state index in [0.717, 1.165) is 13.0 Å². The van der Waals surface area contributed by atoms with Crippen molar-refractivity contribution in [2.45, 2.75) is 12.5 Å². The van der Waals surface area contributed by atoms with Crippen molar-refractivity contribution in [1.29, 1.82) is 0 Å². The number of benzene rings is 1. The van der Waals surface area contributed by atoms with Gasteiger partial charge in [-0.25, -0.2) is 0 Å². The molecule has 5 nitrogen and oxygen atoms in total. The minimum absolute atomic E-state index is 0.0702. The topological polar surface area (TPSA) is 67.0 Å². The molecule has 0 unspecified atom stereocenters. The molecule has 0 bridgehead atoms. The van der Waals surface area contributed by atoms with Crippen molar-refractivity contribution in [3.8, 4) is 0 Å². The smallest absolute Gasteiger partial charge is 0.254 e. The van der Waals surface area contributed by atoms with Gasteiger partial charge in [0.1, 0.15) is 0 Å². The first kappa shape index (κ1) is 12.9. The van der Waals surface area contributed by atoms with Crippen LogP contribution >= 0.6 is 0 Å². The molecule has 1 aromatic heterocycles. The van der Waals surface area contributed by atoms with E-state index < -0.39 is 0 Å². The summed E-state index contributed by atoms with van der Waals surface area (Å²) in [6.07, 6.45) is 4.15. The number of nitrogens with one attached hydrogen (secondary N) is 2. The Balaban J connectivity index is 1.61. The summed E-state index contributed by atoms with van der Waals surface area (Å²) in [6, 6.07) is 10.2. The van der Waals surface area contributed by atoms with E-state index in [2.05, 4.69) is 27.6 Å². The first-order chi connectivity index (χ1) is 9.84. The fourth-order valence-corrected chi connectivity index (χ4v) is 2.55. The molecule has 0 radical (unpaired) electrons. The molecule has 2 aromatic rings. The van der Waals surface area contributed by atoms with Crippen molar-refractivity contribution >= 4 is 5.91 Å². The van der Waals surface area contributed by atoms with E-state index in [4.69, 9.17) is 4.74 Å². The molecule has 0 spiro atoms. The van der Waals surface area contributed by atoms with E-state index in [1.54, 1.807) is 6.20 Å². The van der Waals surface area contributed by atoms with E-state index in [1.807, 2.05) is 18.2 Å². The van der Waals surface area contributed by atoms with Crippen LogP contribution in [0.4, 0.5) is 0 Å². The maximum absolute atomic E-state index is 11.9. The third kappa shape index (κ3) is 2.72. The average molecular weight is 271 g/mol. The molecule has 0 saturated carbocycles. The van der Waals surface area contributed by atoms with Gasteiger partial charge in [0.2, 0.25) is 0 Å². The van der Waals surface area contributed by atoms with Gasteiger partial charge in [-0.15, -0.1) is 0 Å². The van der Waals surface area contributed by atoms with Crippen LogP contribution in [0.25, 0.3) is 0 Å². The average Bonchev–Trinajstić information content (AvgIpc) is 3.17. The van der Waals surface area contributed by atoms with Crippen LogP contribution in [0.2, 0.25) is 0 Å². The highest BCUT2D eigenvalue weighted by Crippen LogP contribution is 2.33. The highest BCUT2D eigenvalue weighted by Gasteiger charge is 2.29. The number of carbonyl (C=O) groups excluding carboxylic acids is 1. The number of aromatic amines is 1. The van der Waals surface area contributed by atoms with E-state index in [0.29, 0.717) is 18.0 Å². The largest absolute Gasteiger partial charge is 0.373 e. The quantitative estimate of drug-likeness (QED) is 0.892. The predicted molar refractivity (Wildman–Crippen MR) is 74.2 cm³/mol. The fraction of sp³-hybridized carbons (Fsp3) is 0.333. The highest BCUT2D eigenvalue weighted by molar-refractivity contribution is 5.93. The van der Waals surface area contributed by atoms with Gasteiger partial charge >= 0.3 is 0 Å². The fourth-order valence-electron chi connectivity index (χ4n) is 2.55. The molecule has 1 fully saturated rings. The van der Waals surface area contributed by atoms with Crippen LogP contribution in [-0.2, 0) is 4.74 Å². The van der Waals surface area contributed by atoms with Crippen molar-refractivity contribution in [3.05, 3.63) is 53.9 Å². The summed E-state index contributed by atoms with van der Waals surface area (Å²) in [6.45, 7) is 1.36. The summed E-state index contributed by atoms with van der Waals surface area (Å²) in [5.74, 6) is 0.214. The van der Waals surface area contributed by atoms with Gasteiger partial charge < -0.3 is 10.1 Å². The lowest BCUT2D eigenvalue weighted by atomic mass is 9.95. The standard InChI is InChI=1S/C15H17N3O2/c19-15(13-9-17-18-10-13)16-8-12-6-7-20-14(12)11-4-2-1-3-5-11/h1-5,9-10,12,14H,6-8H2,(H,16,19)(H,17,18)/t12-,14-/m1/s1. The predicted octanol–water partition coefficient (Wildman–Crippen LogP) is 1.92. The number of nitrogens with zero attached hydrogens (tertiary/aromatic N) is 1. The zero-order valence-corrected chi connectivity index (χ0v) is 11.1. The lowest BCUT2D eigenvalue weighted by molar-refractivity contribution is 0.0846. The Morgan fingerprint density at radius 1 is 1.40 bits per heavy atom. The second-order valence-corrected chi connectivity index (χ2v) is 4.95. The van der Waals surface area contributed by atoms with Crippen molar-refractivity contribution < 1.29 is 9.53 Å². The van der Waals surface area contributed by atoms with Gasteiger partial charge in [-0.3, -0.25) is 9.89 Å². The van der Waals surface area contributed by atoms with Gasteiger partial charge in [-0.1, -0.05) is 30.3 Å². The molecule has 1 aliphatic heterocycles. The normalized spacial score (nSPS) is 21.8. The second-order valence-electron chi connectivity index (χ2n) is 4.95. The van der Waals surface area contributed by atoms with Gasteiger partial charge in [0.15, 0.2) is 0 Å². The summed E-state index contributed by atoms with van der Waals surface area (Å²) >= 11 is 0. The maximum atomic E-state index is 11.9. The van der Waals surface area contributed by atoms with Crippen molar-refractivity contribution in [2.24, 2.45) is 5.92 Å². The zero-order valence-electron chi connectivity index (χ0n) is 11.1. The monoisotopic (exact) mass is 271 g/mol. The molecule has 1 amide bonds. The molecule has 3 rings (SSSR count). The van der Waals surface area contributed by atoms with E-state index in [9.17, 15) is 4.79 Å². The van der Waals surface area contributed by atoms with Gasteiger partial charge in [-0.2, -0.15) is 5.10 Å². The summed E-state index contributed by atoms with van der Waals surface area (Å²) in [7, 11) is 0. The number of carbonyl (C=O) groups is 1. The molecule has 1 saturated heterocycles. The van der Waals surface area contributed by atoms with Crippen molar-refractivity contribution in [3.63, 3.8) is 0 Å². The van der Waals surface area contributed by atoms with Gasteiger partial charge in [0.25, 0.3) is 5.91 Å². The summed E-state index contributed by atoms with van der Waals surface area (Å²) < 4.78 is 5.80. The molecule has 2 N–H and O–H groups in total. The maximum Gasteiger partial charge on any atom is 0.254 e. The summed E-state index contributed by atoms with van der Waals surface area (Å²) in [4.78, 5) is 11.9. The molecule has 1 aromatic carbocycles. The Morgan fingerprint density at radius 3 is 3.00 bits per heavy atom. The third-order valence-corrected chi connectivity index (χ3v) is 3.63. The minimum Gasteiger partial charge on any atom is -0.373 e. The Kier molecular flexibility index (Phi) is 3.78. The van der Waals surface area contributed by atoms with Crippen LogP contribution in [-0.4, -0.2) is 29.3 Å². The molecule has 104 valence electrons. The molecular weight excluding hydrogens is 254 g/mol. The Labute approximate surface area is 117 Å².